The van der Waals surface area contributed by atoms with E-state index >= 15 is 0 Å². The highest BCUT2D eigenvalue weighted by atomic mass is 16.6. The molecule has 1 aliphatic heterocycles. The van der Waals surface area contributed by atoms with Gasteiger partial charge in [0, 0.05) is 13.1 Å². The van der Waals surface area contributed by atoms with Crippen molar-refractivity contribution in [3.05, 3.63) is 76.6 Å². The average Bonchev–Trinajstić information content (AvgIpc) is 2.80. The standard InChI is InChI=1S/C23H25N5O3/c1-31-20-10-6-5-9-19(20)26-22-21(28(29)30)23(25-16-24-22)27-13-11-18(12-14-27)15-17-7-3-2-4-8-17/h2-10,16,18H,11-15H2,1H3,(H,24,25,26). The molecule has 8 heteroatoms. The number of ether oxygens (including phenoxy) is 1. The number of hydrogen-bond donors (Lipinski definition) is 1. The second-order valence-corrected chi connectivity index (χ2v) is 7.60. The van der Waals surface area contributed by atoms with Gasteiger partial charge >= 0.3 is 5.69 Å². The molecular formula is C23H25N5O3. The summed E-state index contributed by atoms with van der Waals surface area (Å²) in [5, 5.41) is 15.0. The van der Waals surface area contributed by atoms with E-state index in [1.165, 1.54) is 11.9 Å². The fourth-order valence-corrected chi connectivity index (χ4v) is 4.03. The van der Waals surface area contributed by atoms with E-state index in [0.29, 0.717) is 23.2 Å². The fourth-order valence-electron chi connectivity index (χ4n) is 4.03. The van der Waals surface area contributed by atoms with Crippen LogP contribution in [0.3, 0.4) is 0 Å². The van der Waals surface area contributed by atoms with Crippen molar-refractivity contribution < 1.29 is 9.66 Å². The lowest BCUT2D eigenvalue weighted by Gasteiger charge is -2.32. The van der Waals surface area contributed by atoms with Crippen LogP contribution in [0, 0.1) is 16.0 Å². The van der Waals surface area contributed by atoms with Gasteiger partial charge in [-0.1, -0.05) is 42.5 Å². The minimum Gasteiger partial charge on any atom is -0.495 e. The van der Waals surface area contributed by atoms with Crippen LogP contribution >= 0.6 is 0 Å². The number of methoxy groups -OCH3 is 1. The van der Waals surface area contributed by atoms with E-state index in [0.717, 1.165) is 32.4 Å². The first kappa shape index (κ1) is 20.6. The van der Waals surface area contributed by atoms with E-state index in [9.17, 15) is 10.1 Å². The topological polar surface area (TPSA) is 93.4 Å². The molecule has 1 fully saturated rings. The molecule has 0 saturated carbocycles. The van der Waals surface area contributed by atoms with E-state index in [4.69, 9.17) is 4.74 Å². The minimum absolute atomic E-state index is 0.116. The van der Waals surface area contributed by atoms with Crippen LogP contribution in [0.5, 0.6) is 5.75 Å². The quantitative estimate of drug-likeness (QED) is 0.442. The summed E-state index contributed by atoms with van der Waals surface area (Å²) in [6, 6.07) is 17.7. The van der Waals surface area contributed by atoms with Crippen molar-refractivity contribution in [1.82, 2.24) is 9.97 Å². The van der Waals surface area contributed by atoms with Crippen LogP contribution in [0.1, 0.15) is 18.4 Å². The van der Waals surface area contributed by atoms with Crippen molar-refractivity contribution in [3.63, 3.8) is 0 Å². The van der Waals surface area contributed by atoms with Crippen molar-refractivity contribution >= 4 is 23.0 Å². The van der Waals surface area contributed by atoms with E-state index < -0.39 is 4.92 Å². The van der Waals surface area contributed by atoms with Crippen molar-refractivity contribution in [1.29, 1.82) is 0 Å². The van der Waals surface area contributed by atoms with Gasteiger partial charge in [-0.25, -0.2) is 9.97 Å². The predicted molar refractivity (Wildman–Crippen MR) is 120 cm³/mol. The van der Waals surface area contributed by atoms with Crippen LogP contribution in [0.4, 0.5) is 23.0 Å². The number of rotatable bonds is 7. The van der Waals surface area contributed by atoms with Crippen molar-refractivity contribution in [3.8, 4) is 5.75 Å². The summed E-state index contributed by atoms with van der Waals surface area (Å²) < 4.78 is 5.34. The molecule has 0 spiro atoms. The van der Waals surface area contributed by atoms with E-state index in [2.05, 4.69) is 39.6 Å². The van der Waals surface area contributed by atoms with Gasteiger partial charge in [0.15, 0.2) is 0 Å². The summed E-state index contributed by atoms with van der Waals surface area (Å²) >= 11 is 0. The molecule has 0 bridgehead atoms. The molecule has 31 heavy (non-hydrogen) atoms. The maximum Gasteiger partial charge on any atom is 0.353 e. The molecule has 0 radical (unpaired) electrons. The zero-order valence-electron chi connectivity index (χ0n) is 17.4. The van der Waals surface area contributed by atoms with Crippen molar-refractivity contribution in [2.24, 2.45) is 5.92 Å². The summed E-state index contributed by atoms with van der Waals surface area (Å²) in [6.07, 6.45) is 4.33. The Morgan fingerprint density at radius 3 is 2.52 bits per heavy atom. The molecule has 4 rings (SSSR count). The van der Waals surface area contributed by atoms with Crippen LogP contribution in [0.25, 0.3) is 0 Å². The Labute approximate surface area is 181 Å². The first-order valence-corrected chi connectivity index (χ1v) is 10.3. The lowest BCUT2D eigenvalue weighted by Crippen LogP contribution is -2.35. The van der Waals surface area contributed by atoms with Crippen LogP contribution in [0.15, 0.2) is 60.9 Å². The van der Waals surface area contributed by atoms with Gasteiger partial charge in [0.1, 0.15) is 12.1 Å². The van der Waals surface area contributed by atoms with E-state index in [-0.39, 0.29) is 11.5 Å². The van der Waals surface area contributed by atoms with Crippen LogP contribution < -0.4 is 15.0 Å². The molecule has 2 heterocycles. The molecule has 3 aromatic rings. The Morgan fingerprint density at radius 1 is 1.10 bits per heavy atom. The molecule has 0 aliphatic carbocycles. The zero-order chi connectivity index (χ0) is 21.6. The maximum atomic E-state index is 12.0. The largest absolute Gasteiger partial charge is 0.495 e. The second kappa shape index (κ2) is 9.42. The first-order chi connectivity index (χ1) is 15.2. The van der Waals surface area contributed by atoms with E-state index in [1.54, 1.807) is 19.2 Å². The van der Waals surface area contributed by atoms with Crippen LogP contribution in [-0.4, -0.2) is 35.1 Å². The van der Waals surface area contributed by atoms with Gasteiger partial charge < -0.3 is 15.0 Å². The average molecular weight is 419 g/mol. The van der Waals surface area contributed by atoms with Gasteiger partial charge in [-0.2, -0.15) is 0 Å². The van der Waals surface area contributed by atoms with Gasteiger partial charge in [-0.3, -0.25) is 10.1 Å². The molecule has 0 unspecified atom stereocenters. The Morgan fingerprint density at radius 2 is 1.81 bits per heavy atom. The number of hydrogen-bond acceptors (Lipinski definition) is 7. The van der Waals surface area contributed by atoms with Crippen molar-refractivity contribution in [2.45, 2.75) is 19.3 Å². The van der Waals surface area contributed by atoms with Gasteiger partial charge in [0.25, 0.3) is 0 Å². The predicted octanol–water partition coefficient (Wildman–Crippen LogP) is 4.60. The number of anilines is 3. The molecule has 2 aromatic carbocycles. The van der Waals surface area contributed by atoms with Crippen LogP contribution in [-0.2, 0) is 6.42 Å². The summed E-state index contributed by atoms with van der Waals surface area (Å²) in [5.74, 6) is 1.66. The molecule has 1 aliphatic rings. The molecule has 1 saturated heterocycles. The fraction of sp³-hybridized carbons (Fsp3) is 0.304. The highest BCUT2D eigenvalue weighted by Gasteiger charge is 2.30. The zero-order valence-corrected chi connectivity index (χ0v) is 17.4. The highest BCUT2D eigenvalue weighted by molar-refractivity contribution is 5.76. The molecule has 1 N–H and O–H groups in total. The number of nitro groups is 1. The van der Waals surface area contributed by atoms with Gasteiger partial charge in [-0.05, 0) is 42.9 Å². The molecular weight excluding hydrogens is 394 g/mol. The maximum absolute atomic E-state index is 12.0. The Kier molecular flexibility index (Phi) is 6.26. The number of nitrogens with zero attached hydrogens (tertiary/aromatic N) is 4. The van der Waals surface area contributed by atoms with Gasteiger partial charge in [-0.15, -0.1) is 0 Å². The smallest absolute Gasteiger partial charge is 0.353 e. The highest BCUT2D eigenvalue weighted by Crippen LogP contribution is 2.37. The monoisotopic (exact) mass is 419 g/mol. The van der Waals surface area contributed by atoms with Gasteiger partial charge in [0.05, 0.1) is 17.7 Å². The Hall–Kier alpha value is -3.68. The third kappa shape index (κ3) is 4.74. The first-order valence-electron chi connectivity index (χ1n) is 10.3. The third-order valence-corrected chi connectivity index (χ3v) is 5.63. The summed E-state index contributed by atoms with van der Waals surface area (Å²) in [5.41, 5.74) is 1.83. The van der Waals surface area contributed by atoms with Gasteiger partial charge in [0.2, 0.25) is 11.6 Å². The normalized spacial score (nSPS) is 14.3. The van der Waals surface area contributed by atoms with Crippen molar-refractivity contribution in [2.75, 3.05) is 30.4 Å². The van der Waals surface area contributed by atoms with E-state index in [1.807, 2.05) is 23.1 Å². The molecule has 160 valence electrons. The second-order valence-electron chi connectivity index (χ2n) is 7.60. The lowest BCUT2D eigenvalue weighted by molar-refractivity contribution is -0.383. The third-order valence-electron chi connectivity index (χ3n) is 5.63. The molecule has 8 nitrogen and oxygen atoms in total. The molecule has 0 atom stereocenters. The summed E-state index contributed by atoms with van der Waals surface area (Å²) in [7, 11) is 1.56. The Bertz CT molecular complexity index is 1040. The summed E-state index contributed by atoms with van der Waals surface area (Å²) in [6.45, 7) is 1.45. The lowest BCUT2D eigenvalue weighted by atomic mass is 9.90. The number of nitrogens with one attached hydrogen (secondary N) is 1. The molecule has 1 aromatic heterocycles. The number of para-hydroxylation sites is 2. The molecule has 0 amide bonds. The van der Waals surface area contributed by atoms with Crippen LogP contribution in [0.2, 0.25) is 0 Å². The minimum atomic E-state index is -0.414. The number of benzene rings is 2. The summed E-state index contributed by atoms with van der Waals surface area (Å²) in [4.78, 5) is 22.0. The number of aromatic nitrogens is 2. The Balaban J connectivity index is 1.52. The SMILES string of the molecule is COc1ccccc1Nc1ncnc(N2CCC(Cc3ccccc3)CC2)c1[N+](=O)[O-]. The number of piperidine rings is 1.